The fraction of sp³-hybridized carbons (Fsp3) is 0.842. The SMILES string of the molecule is CN=C(NCCN1C(=O)CCCC1=O)NC1CCN(CC2CCCC2)C1. The van der Waals surface area contributed by atoms with Crippen molar-refractivity contribution in [3.05, 3.63) is 0 Å². The third-order valence-corrected chi connectivity index (χ3v) is 5.84. The van der Waals surface area contributed by atoms with Crippen LogP contribution in [0.4, 0.5) is 0 Å². The summed E-state index contributed by atoms with van der Waals surface area (Å²) in [5.41, 5.74) is 0. The Kier molecular flexibility index (Phi) is 6.88. The van der Waals surface area contributed by atoms with Gasteiger partial charge in [-0.3, -0.25) is 19.5 Å². The molecule has 3 rings (SSSR count). The van der Waals surface area contributed by atoms with Crippen LogP contribution in [0.3, 0.4) is 0 Å². The van der Waals surface area contributed by atoms with Gasteiger partial charge in [-0.2, -0.15) is 0 Å². The highest BCUT2D eigenvalue weighted by Gasteiger charge is 2.27. The number of guanidine groups is 1. The number of carbonyl (C=O) groups is 2. The number of rotatable bonds is 6. The van der Waals surface area contributed by atoms with E-state index in [2.05, 4.69) is 20.5 Å². The molecule has 7 nitrogen and oxygen atoms in total. The van der Waals surface area contributed by atoms with Gasteiger partial charge in [0.05, 0.1) is 0 Å². The molecule has 1 unspecified atom stereocenters. The predicted octanol–water partition coefficient (Wildman–Crippen LogP) is 0.955. The van der Waals surface area contributed by atoms with Crippen LogP contribution in [-0.2, 0) is 9.59 Å². The van der Waals surface area contributed by atoms with Crippen molar-refractivity contribution in [2.75, 3.05) is 39.8 Å². The zero-order valence-electron chi connectivity index (χ0n) is 16.0. The summed E-state index contributed by atoms with van der Waals surface area (Å²) >= 11 is 0. The Labute approximate surface area is 156 Å². The van der Waals surface area contributed by atoms with Gasteiger partial charge in [-0.1, -0.05) is 12.8 Å². The Morgan fingerprint density at radius 2 is 1.85 bits per heavy atom. The third-order valence-electron chi connectivity index (χ3n) is 5.84. The molecule has 2 N–H and O–H groups in total. The van der Waals surface area contributed by atoms with Gasteiger partial charge in [0.2, 0.25) is 11.8 Å². The van der Waals surface area contributed by atoms with E-state index < -0.39 is 0 Å². The van der Waals surface area contributed by atoms with Gasteiger partial charge in [0.15, 0.2) is 5.96 Å². The summed E-state index contributed by atoms with van der Waals surface area (Å²) in [6.45, 7) is 4.41. The van der Waals surface area contributed by atoms with E-state index in [1.165, 1.54) is 37.1 Å². The summed E-state index contributed by atoms with van der Waals surface area (Å²) in [6.07, 6.45) is 8.38. The minimum absolute atomic E-state index is 0.0515. The van der Waals surface area contributed by atoms with Crippen molar-refractivity contribution < 1.29 is 9.59 Å². The second-order valence-electron chi connectivity index (χ2n) is 7.83. The molecule has 2 amide bonds. The molecule has 1 atom stereocenters. The topological polar surface area (TPSA) is 77.0 Å². The fourth-order valence-electron chi connectivity index (χ4n) is 4.40. The van der Waals surface area contributed by atoms with Crippen molar-refractivity contribution >= 4 is 17.8 Å². The maximum absolute atomic E-state index is 11.8. The first kappa shape index (κ1) is 19.1. The van der Waals surface area contributed by atoms with E-state index >= 15 is 0 Å². The van der Waals surface area contributed by atoms with Crippen LogP contribution in [0.1, 0.15) is 51.4 Å². The van der Waals surface area contributed by atoms with Crippen LogP contribution < -0.4 is 10.6 Å². The first-order valence-corrected chi connectivity index (χ1v) is 10.2. The monoisotopic (exact) mass is 363 g/mol. The summed E-state index contributed by atoms with van der Waals surface area (Å²) in [7, 11) is 1.76. The first-order chi connectivity index (χ1) is 12.7. The van der Waals surface area contributed by atoms with Gasteiger partial charge in [-0.05, 0) is 31.6 Å². The third kappa shape index (κ3) is 5.19. The lowest BCUT2D eigenvalue weighted by Gasteiger charge is -2.25. The van der Waals surface area contributed by atoms with Gasteiger partial charge in [0.1, 0.15) is 0 Å². The number of hydrogen-bond donors (Lipinski definition) is 2. The highest BCUT2D eigenvalue weighted by atomic mass is 16.2. The fourth-order valence-corrected chi connectivity index (χ4v) is 4.40. The lowest BCUT2D eigenvalue weighted by atomic mass is 10.1. The summed E-state index contributed by atoms with van der Waals surface area (Å²) in [4.78, 5) is 31.9. The van der Waals surface area contributed by atoms with Crippen molar-refractivity contribution in [2.45, 2.75) is 57.4 Å². The number of amides is 2. The Morgan fingerprint density at radius 3 is 2.54 bits per heavy atom. The van der Waals surface area contributed by atoms with Gasteiger partial charge in [0, 0.05) is 58.7 Å². The van der Waals surface area contributed by atoms with Crippen molar-refractivity contribution in [3.8, 4) is 0 Å². The summed E-state index contributed by atoms with van der Waals surface area (Å²) in [5.74, 6) is 1.55. The minimum Gasteiger partial charge on any atom is -0.355 e. The summed E-state index contributed by atoms with van der Waals surface area (Å²) < 4.78 is 0. The number of imide groups is 1. The molecule has 0 aromatic rings. The quantitative estimate of drug-likeness (QED) is 0.417. The number of aliphatic imine (C=N–C) groups is 1. The molecule has 2 aliphatic heterocycles. The lowest BCUT2D eigenvalue weighted by Crippen LogP contribution is -2.49. The molecule has 3 aliphatic rings. The number of carbonyl (C=O) groups excluding carboxylic acids is 2. The second kappa shape index (κ2) is 9.35. The average Bonchev–Trinajstić information content (AvgIpc) is 3.29. The van der Waals surface area contributed by atoms with Crippen molar-refractivity contribution in [3.63, 3.8) is 0 Å². The highest BCUT2D eigenvalue weighted by Crippen LogP contribution is 2.26. The van der Waals surface area contributed by atoms with E-state index in [0.717, 1.165) is 31.4 Å². The number of likely N-dealkylation sites (tertiary alicyclic amines) is 2. The van der Waals surface area contributed by atoms with E-state index in [4.69, 9.17) is 0 Å². The standard InChI is InChI=1S/C19H33N5O2/c1-20-19(21-10-12-24-17(25)7-4-8-18(24)26)22-16-9-11-23(14-16)13-15-5-2-3-6-15/h15-16H,2-14H2,1H3,(H2,20,21,22). The molecule has 1 aliphatic carbocycles. The molecule has 0 aromatic heterocycles. The number of hydrogen-bond acceptors (Lipinski definition) is 4. The smallest absolute Gasteiger partial charge is 0.229 e. The first-order valence-electron chi connectivity index (χ1n) is 10.2. The maximum atomic E-state index is 11.8. The molecule has 2 heterocycles. The second-order valence-corrected chi connectivity index (χ2v) is 7.83. The average molecular weight is 364 g/mol. The van der Waals surface area contributed by atoms with Crippen LogP contribution in [0.2, 0.25) is 0 Å². The lowest BCUT2D eigenvalue weighted by molar-refractivity contribution is -0.147. The van der Waals surface area contributed by atoms with E-state index in [0.29, 0.717) is 38.4 Å². The van der Waals surface area contributed by atoms with Crippen LogP contribution in [0.15, 0.2) is 4.99 Å². The molecule has 0 radical (unpaired) electrons. The minimum atomic E-state index is -0.0515. The molecule has 0 spiro atoms. The maximum Gasteiger partial charge on any atom is 0.229 e. The predicted molar refractivity (Wildman–Crippen MR) is 102 cm³/mol. The zero-order chi connectivity index (χ0) is 18.4. The van der Waals surface area contributed by atoms with Crippen LogP contribution >= 0.6 is 0 Å². The van der Waals surface area contributed by atoms with Crippen molar-refractivity contribution in [2.24, 2.45) is 10.9 Å². The van der Waals surface area contributed by atoms with E-state index in [1.807, 2.05) is 0 Å². The summed E-state index contributed by atoms with van der Waals surface area (Å²) in [6, 6.07) is 0.417. The molecule has 26 heavy (non-hydrogen) atoms. The summed E-state index contributed by atoms with van der Waals surface area (Å²) in [5, 5.41) is 6.74. The Hall–Kier alpha value is -1.63. The molecule has 0 bridgehead atoms. The van der Waals surface area contributed by atoms with Crippen molar-refractivity contribution in [1.29, 1.82) is 0 Å². The molecule has 7 heteroatoms. The molecule has 146 valence electrons. The number of nitrogens with zero attached hydrogens (tertiary/aromatic N) is 3. The van der Waals surface area contributed by atoms with Gasteiger partial charge in [0.25, 0.3) is 0 Å². The Balaban J connectivity index is 1.36. The van der Waals surface area contributed by atoms with Crippen LogP contribution in [-0.4, -0.2) is 73.4 Å². The molecule has 1 saturated carbocycles. The molecule has 0 aromatic carbocycles. The van der Waals surface area contributed by atoms with Gasteiger partial charge in [-0.25, -0.2) is 0 Å². The Morgan fingerprint density at radius 1 is 1.12 bits per heavy atom. The van der Waals surface area contributed by atoms with E-state index in [-0.39, 0.29) is 11.8 Å². The van der Waals surface area contributed by atoms with E-state index in [1.54, 1.807) is 7.05 Å². The largest absolute Gasteiger partial charge is 0.355 e. The van der Waals surface area contributed by atoms with E-state index in [9.17, 15) is 9.59 Å². The number of piperidine rings is 1. The van der Waals surface area contributed by atoms with Crippen LogP contribution in [0.25, 0.3) is 0 Å². The van der Waals surface area contributed by atoms with Crippen molar-refractivity contribution in [1.82, 2.24) is 20.4 Å². The molecular formula is C19H33N5O2. The zero-order valence-corrected chi connectivity index (χ0v) is 16.0. The van der Waals surface area contributed by atoms with Crippen LogP contribution in [0.5, 0.6) is 0 Å². The number of nitrogens with one attached hydrogen (secondary N) is 2. The highest BCUT2D eigenvalue weighted by molar-refractivity contribution is 5.97. The van der Waals surface area contributed by atoms with Crippen LogP contribution in [0, 0.1) is 5.92 Å². The Bertz CT molecular complexity index is 514. The molecule has 3 fully saturated rings. The van der Waals surface area contributed by atoms with Gasteiger partial charge >= 0.3 is 0 Å². The van der Waals surface area contributed by atoms with Gasteiger partial charge < -0.3 is 15.5 Å². The molecular weight excluding hydrogens is 330 g/mol. The van der Waals surface area contributed by atoms with Gasteiger partial charge in [-0.15, -0.1) is 0 Å². The molecule has 2 saturated heterocycles. The normalized spacial score (nSPS) is 26.0.